The molecule has 10 nitrogen and oxygen atoms in total. The highest BCUT2D eigenvalue weighted by molar-refractivity contribution is 7.65. The minimum atomic E-state index is -3.12. The van der Waals surface area contributed by atoms with Crippen molar-refractivity contribution < 1.29 is 19.3 Å². The molecule has 1 fully saturated rings. The van der Waals surface area contributed by atoms with Gasteiger partial charge in [-0.25, -0.2) is 14.5 Å². The molecule has 2 rings (SSSR count). The molecule has 0 spiro atoms. The van der Waals surface area contributed by atoms with Crippen LogP contribution in [0.3, 0.4) is 0 Å². The van der Waals surface area contributed by atoms with E-state index in [0.717, 1.165) is 4.90 Å². The van der Waals surface area contributed by atoms with E-state index in [-0.39, 0.29) is 16.9 Å². The first-order valence-electron chi connectivity index (χ1n) is 6.92. The van der Waals surface area contributed by atoms with Crippen LogP contribution in [0.25, 0.3) is 0 Å². The van der Waals surface area contributed by atoms with E-state index in [2.05, 4.69) is 4.74 Å². The van der Waals surface area contributed by atoms with Crippen molar-refractivity contribution >= 4 is 42.6 Å². The van der Waals surface area contributed by atoms with Crippen molar-refractivity contribution in [3.8, 4) is 0 Å². The summed E-state index contributed by atoms with van der Waals surface area (Å²) in [6.07, 6.45) is 0. The smallest absolute Gasteiger partial charge is 0.276 e. The number of nitro benzene ring substituents is 1. The van der Waals surface area contributed by atoms with Gasteiger partial charge in [-0.3, -0.25) is 24.2 Å². The van der Waals surface area contributed by atoms with Crippen molar-refractivity contribution in [2.24, 2.45) is 4.74 Å². The van der Waals surface area contributed by atoms with Gasteiger partial charge in [0.2, 0.25) is 0 Å². The van der Waals surface area contributed by atoms with Crippen LogP contribution in [0.5, 0.6) is 0 Å². The molecule has 1 aromatic rings. The summed E-state index contributed by atoms with van der Waals surface area (Å²) in [4.78, 5) is 47.9. The Bertz CT molecular complexity index is 786. The van der Waals surface area contributed by atoms with E-state index < -0.39 is 30.2 Å². The van der Waals surface area contributed by atoms with Crippen LogP contribution in [0, 0.1) is 10.1 Å². The zero-order valence-corrected chi connectivity index (χ0v) is 15.3. The van der Waals surface area contributed by atoms with E-state index in [1.165, 1.54) is 54.7 Å². The van der Waals surface area contributed by atoms with Crippen LogP contribution in [-0.4, -0.2) is 63.9 Å². The Morgan fingerprint density at radius 1 is 1.16 bits per heavy atom. The maximum absolute atomic E-state index is 12.5. The zero-order chi connectivity index (χ0) is 18.9. The third-order valence-electron chi connectivity index (χ3n) is 3.82. The third kappa shape index (κ3) is 3.10. The second-order valence-electron chi connectivity index (χ2n) is 5.19. The number of rotatable bonds is 3. The number of non-ortho nitro benzene ring substituents is 1. The number of carbonyl (C=O) groups is 3. The molecule has 134 valence electrons. The molecular formula is C13H15ClN5O5P. The van der Waals surface area contributed by atoms with Gasteiger partial charge in [-0.15, -0.1) is 11.6 Å². The Labute approximate surface area is 148 Å². The topological polar surface area (TPSA) is 116 Å². The number of benzene rings is 1. The Kier molecular flexibility index (Phi) is 5.15. The van der Waals surface area contributed by atoms with Gasteiger partial charge in [-0.05, 0) is 12.1 Å². The molecule has 0 unspecified atom stereocenters. The second-order valence-corrected chi connectivity index (χ2v) is 8.93. The molecule has 0 saturated carbocycles. The molecule has 1 aromatic carbocycles. The van der Waals surface area contributed by atoms with Gasteiger partial charge in [-0.1, -0.05) is 0 Å². The summed E-state index contributed by atoms with van der Waals surface area (Å²) in [5.74, 6) is -0.715. The highest BCUT2D eigenvalue weighted by Gasteiger charge is 2.45. The number of hydrogen-bond donors (Lipinski definition) is 0. The maximum Gasteiger partial charge on any atom is 0.333 e. The van der Waals surface area contributed by atoms with E-state index >= 15 is 0 Å². The van der Waals surface area contributed by atoms with Gasteiger partial charge >= 0.3 is 12.1 Å². The molecule has 1 heterocycles. The number of amides is 5. The van der Waals surface area contributed by atoms with Crippen LogP contribution in [0.4, 0.5) is 15.3 Å². The lowest BCUT2D eigenvalue weighted by Crippen LogP contribution is -2.53. The van der Waals surface area contributed by atoms with Crippen molar-refractivity contribution in [3.63, 3.8) is 0 Å². The number of imide groups is 1. The summed E-state index contributed by atoms with van der Waals surface area (Å²) < 4.78 is 6.48. The number of urea groups is 2. The fourth-order valence-electron chi connectivity index (χ4n) is 2.24. The lowest BCUT2D eigenvalue weighted by Gasteiger charge is -2.45. The predicted octanol–water partition coefficient (Wildman–Crippen LogP) is 3.01. The number of carbonyl (C=O) groups excluding carboxylic acids is 3. The monoisotopic (exact) mass is 387 g/mol. The van der Waals surface area contributed by atoms with E-state index in [1.54, 1.807) is 0 Å². The van der Waals surface area contributed by atoms with Gasteiger partial charge in [-0.2, -0.15) is 4.74 Å². The van der Waals surface area contributed by atoms with Crippen LogP contribution in [-0.2, 0) is 0 Å². The first kappa shape index (κ1) is 18.9. The molecular weight excluding hydrogens is 373 g/mol. The van der Waals surface area contributed by atoms with Gasteiger partial charge in [0, 0.05) is 38.8 Å². The van der Waals surface area contributed by atoms with Gasteiger partial charge in [0.1, 0.15) is 0 Å². The molecule has 0 aromatic heterocycles. The molecule has 1 aliphatic rings. The van der Waals surface area contributed by atoms with Gasteiger partial charge in [0.05, 0.1) is 10.5 Å². The Balaban J connectivity index is 2.50. The van der Waals surface area contributed by atoms with Crippen LogP contribution in [0.2, 0.25) is 0 Å². The highest BCUT2D eigenvalue weighted by Crippen LogP contribution is 2.58. The van der Waals surface area contributed by atoms with Gasteiger partial charge in [0.15, 0.2) is 7.36 Å². The van der Waals surface area contributed by atoms with E-state index in [0.29, 0.717) is 0 Å². The lowest BCUT2D eigenvalue weighted by atomic mass is 10.2. The average molecular weight is 388 g/mol. The standard InChI is InChI=1S/C13H15ClN5O5P/c1-16-12(21)17(2)25(8-14,18(3)13(16)22)15-11(20)9-4-6-10(7-5-9)19(23)24/h4-7H,8H2,1-3H3. The summed E-state index contributed by atoms with van der Waals surface area (Å²) >= 11 is 6.01. The third-order valence-corrected chi connectivity index (χ3v) is 7.87. The van der Waals surface area contributed by atoms with Crippen LogP contribution < -0.4 is 0 Å². The lowest BCUT2D eigenvalue weighted by molar-refractivity contribution is -0.384. The summed E-state index contributed by atoms with van der Waals surface area (Å²) in [5.41, 5.74) is -0.294. The minimum Gasteiger partial charge on any atom is -0.276 e. The molecule has 12 heteroatoms. The largest absolute Gasteiger partial charge is 0.333 e. The molecule has 1 aliphatic heterocycles. The summed E-state index contributed by atoms with van der Waals surface area (Å²) in [5, 5.41) is 10.7. The number of nitro groups is 1. The number of hydrogen-bond acceptors (Lipinski definition) is 5. The van der Waals surface area contributed by atoms with Crippen molar-refractivity contribution in [2.45, 2.75) is 0 Å². The minimum absolute atomic E-state index is 0.0933. The first-order valence-corrected chi connectivity index (χ1v) is 9.28. The quantitative estimate of drug-likeness (QED) is 0.342. The van der Waals surface area contributed by atoms with E-state index in [1.807, 2.05) is 0 Å². The van der Waals surface area contributed by atoms with Crippen LogP contribution >= 0.6 is 19.0 Å². The molecule has 0 aliphatic carbocycles. The van der Waals surface area contributed by atoms with Crippen molar-refractivity contribution in [2.75, 3.05) is 26.8 Å². The number of nitrogens with zero attached hydrogens (tertiary/aromatic N) is 5. The maximum atomic E-state index is 12.5. The Morgan fingerprint density at radius 2 is 1.64 bits per heavy atom. The second kappa shape index (κ2) is 6.81. The number of alkyl halides is 1. The molecule has 5 amide bonds. The number of halogens is 1. The summed E-state index contributed by atoms with van der Waals surface area (Å²) in [7, 11) is 1.04. The van der Waals surface area contributed by atoms with Gasteiger partial charge < -0.3 is 0 Å². The van der Waals surface area contributed by atoms with Crippen LogP contribution in [0.15, 0.2) is 29.0 Å². The average Bonchev–Trinajstić information content (AvgIpc) is 2.62. The van der Waals surface area contributed by atoms with Crippen molar-refractivity contribution in [1.29, 1.82) is 0 Å². The molecule has 0 N–H and O–H groups in total. The zero-order valence-electron chi connectivity index (χ0n) is 13.6. The SMILES string of the molecule is CN1C(=O)N(C)P(CCl)(=NC(=O)c2ccc([N+](=O)[O-])cc2)N(C)C1=O. The Morgan fingerprint density at radius 3 is 2.04 bits per heavy atom. The van der Waals surface area contributed by atoms with E-state index in [4.69, 9.17) is 11.6 Å². The molecule has 0 bridgehead atoms. The molecule has 0 radical (unpaired) electrons. The molecule has 1 saturated heterocycles. The predicted molar refractivity (Wildman–Crippen MR) is 91.6 cm³/mol. The summed E-state index contributed by atoms with van der Waals surface area (Å²) in [6.45, 7) is 0. The van der Waals surface area contributed by atoms with Crippen molar-refractivity contribution in [3.05, 3.63) is 39.9 Å². The van der Waals surface area contributed by atoms with E-state index in [9.17, 15) is 24.5 Å². The van der Waals surface area contributed by atoms with Crippen molar-refractivity contribution in [1.82, 2.24) is 14.2 Å². The molecule has 25 heavy (non-hydrogen) atoms. The molecule has 0 atom stereocenters. The fraction of sp³-hybridized carbons (Fsp3) is 0.308. The highest BCUT2D eigenvalue weighted by atomic mass is 35.5. The van der Waals surface area contributed by atoms with Gasteiger partial charge in [0.25, 0.3) is 11.6 Å². The Hall–Kier alpha value is -2.45. The summed E-state index contributed by atoms with van der Waals surface area (Å²) in [6, 6.07) is 3.64. The fourth-order valence-corrected chi connectivity index (χ4v) is 5.63. The normalized spacial score (nSPS) is 16.9. The first-order chi connectivity index (χ1) is 11.7. The van der Waals surface area contributed by atoms with Crippen LogP contribution in [0.1, 0.15) is 10.4 Å².